The van der Waals surface area contributed by atoms with E-state index >= 15 is 0 Å². The number of rotatable bonds is 73. The number of aliphatic hydroxyl groups is 1. The predicted molar refractivity (Wildman–Crippen MR) is 418 cm³/mol. The van der Waals surface area contributed by atoms with Crippen molar-refractivity contribution < 1.29 is 80.2 Å². The second-order valence-corrected chi connectivity index (χ2v) is 28.8. The smallest absolute Gasteiger partial charge is 0.462 e. The molecule has 0 saturated heterocycles. The van der Waals surface area contributed by atoms with Gasteiger partial charge in [-0.3, -0.25) is 37.3 Å². The molecular weight excluding hydrogens is 1330 g/mol. The van der Waals surface area contributed by atoms with Crippen molar-refractivity contribution >= 4 is 39.5 Å². The van der Waals surface area contributed by atoms with E-state index in [0.29, 0.717) is 25.7 Å². The standard InChI is InChI=1S/C83H140O17P2/c1-5-9-13-17-21-25-29-32-34-36-38-40-42-45-48-51-55-59-63-67-80(85)93-73-78(99-82(87)69-65-61-57-53-47-28-24-20-16-12-8-4)75-97-101(89,90)95-71-77(84)72-96-102(91,92)98-76-79(100-83(88)70-66-62-58-54-50-44-31-27-23-19-15-11-7-3)74-94-81(86)68-64-60-56-52-49-46-43-41-39-37-35-33-30-26-22-18-14-10-6-2/h9-10,13-14,20-22,24-27,31-35,38-41,46,49,77-79,84H,5-8,11-12,15-19,23,28-30,36-37,42-45,47-48,50-76H2,1-4H3,(H,89,90)(H,91,92)/b13-9-,14-10-,24-20-,25-21-,26-22-,31-27-,34-32-,35-33-,40-38-,41-39-,49-46-. The molecule has 102 heavy (non-hydrogen) atoms. The van der Waals surface area contributed by atoms with Gasteiger partial charge in [0, 0.05) is 25.7 Å². The normalized spacial score (nSPS) is 14.6. The van der Waals surface area contributed by atoms with Gasteiger partial charge in [-0.2, -0.15) is 0 Å². The van der Waals surface area contributed by atoms with Gasteiger partial charge in [0.1, 0.15) is 19.3 Å². The molecule has 5 unspecified atom stereocenters. The number of esters is 4. The highest BCUT2D eigenvalue weighted by atomic mass is 31.2. The van der Waals surface area contributed by atoms with E-state index in [0.717, 1.165) is 193 Å². The summed E-state index contributed by atoms with van der Waals surface area (Å²) in [7, 11) is -9.97. The van der Waals surface area contributed by atoms with E-state index in [1.807, 2.05) is 0 Å². The molecule has 0 bridgehead atoms. The molecule has 0 aliphatic heterocycles. The third-order valence-corrected chi connectivity index (χ3v) is 18.0. The van der Waals surface area contributed by atoms with Crippen LogP contribution in [0.25, 0.3) is 0 Å². The summed E-state index contributed by atoms with van der Waals surface area (Å²) >= 11 is 0. The molecule has 0 saturated carbocycles. The van der Waals surface area contributed by atoms with E-state index in [1.54, 1.807) is 0 Å². The molecule has 5 atom stereocenters. The fourth-order valence-corrected chi connectivity index (χ4v) is 11.7. The van der Waals surface area contributed by atoms with Gasteiger partial charge < -0.3 is 33.8 Å². The molecule has 0 aromatic rings. The lowest BCUT2D eigenvalue weighted by molar-refractivity contribution is -0.161. The topological polar surface area (TPSA) is 237 Å². The first-order valence-electron chi connectivity index (χ1n) is 39.4. The first-order chi connectivity index (χ1) is 49.7. The van der Waals surface area contributed by atoms with Crippen molar-refractivity contribution in [2.24, 2.45) is 0 Å². The number of unbranched alkanes of at least 4 members (excludes halogenated alkanes) is 25. The number of carbonyl (C=O) groups is 4. The molecule has 0 aliphatic carbocycles. The van der Waals surface area contributed by atoms with Gasteiger partial charge in [0.05, 0.1) is 26.4 Å². The number of allylic oxidation sites excluding steroid dienone is 22. The lowest BCUT2D eigenvalue weighted by atomic mass is 10.1. The van der Waals surface area contributed by atoms with E-state index in [1.165, 1.54) is 38.5 Å². The largest absolute Gasteiger partial charge is 0.472 e. The Morgan fingerprint density at radius 1 is 0.284 bits per heavy atom. The maximum absolute atomic E-state index is 13.1. The second-order valence-electron chi connectivity index (χ2n) is 25.9. The zero-order valence-electron chi connectivity index (χ0n) is 63.7. The van der Waals surface area contributed by atoms with Gasteiger partial charge in [0.15, 0.2) is 12.2 Å². The third kappa shape index (κ3) is 73.5. The molecule has 0 spiro atoms. The summed E-state index contributed by atoms with van der Waals surface area (Å²) in [6, 6.07) is 0. The number of carbonyl (C=O) groups excluding carboxylic acids is 4. The van der Waals surface area contributed by atoms with Crippen LogP contribution in [0.4, 0.5) is 0 Å². The van der Waals surface area contributed by atoms with Crippen LogP contribution < -0.4 is 0 Å². The fraction of sp³-hybridized carbons (Fsp3) is 0.687. The van der Waals surface area contributed by atoms with Crippen LogP contribution in [0.15, 0.2) is 134 Å². The van der Waals surface area contributed by atoms with Gasteiger partial charge in [-0.25, -0.2) is 9.13 Å². The summed E-state index contributed by atoms with van der Waals surface area (Å²) in [6.45, 7) is 4.52. The van der Waals surface area contributed by atoms with Gasteiger partial charge in [-0.05, 0) is 154 Å². The van der Waals surface area contributed by atoms with Crippen LogP contribution in [0.3, 0.4) is 0 Å². The van der Waals surface area contributed by atoms with Gasteiger partial charge in [0.25, 0.3) is 0 Å². The van der Waals surface area contributed by atoms with Crippen LogP contribution in [-0.2, 0) is 65.4 Å². The van der Waals surface area contributed by atoms with Gasteiger partial charge in [0.2, 0.25) is 0 Å². The number of hydrogen-bond donors (Lipinski definition) is 3. The van der Waals surface area contributed by atoms with Crippen molar-refractivity contribution in [3.63, 3.8) is 0 Å². The van der Waals surface area contributed by atoms with E-state index in [4.69, 9.17) is 37.0 Å². The molecule has 0 radical (unpaired) electrons. The van der Waals surface area contributed by atoms with Crippen LogP contribution in [-0.4, -0.2) is 96.7 Å². The Morgan fingerprint density at radius 3 is 0.833 bits per heavy atom. The van der Waals surface area contributed by atoms with Crippen LogP contribution >= 0.6 is 15.6 Å². The number of phosphoric ester groups is 2. The average Bonchev–Trinajstić information content (AvgIpc) is 0.907. The number of aliphatic hydroxyl groups excluding tert-OH is 1. The molecule has 0 fully saturated rings. The van der Waals surface area contributed by atoms with Crippen molar-refractivity contribution in [1.29, 1.82) is 0 Å². The summed E-state index contributed by atoms with van der Waals surface area (Å²) < 4.78 is 68.5. The SMILES string of the molecule is CC/C=C\C/C=C\C/C=C\C/C=C\C/C=C\CCCCCC(=O)OCC(COP(=O)(O)OCC(O)COP(=O)(O)OCC(COC(=O)CCCCCCCC/C=C\C/C=C\C/C=C\C/C=C\CC)OC(=O)CCCCCCC/C=C\CCCC)OC(=O)CCCCCCC/C=C\CCCCCC. The fourth-order valence-electron chi connectivity index (χ4n) is 10.1. The number of phosphoric acid groups is 2. The molecule has 584 valence electrons. The molecule has 0 amide bonds. The highest BCUT2D eigenvalue weighted by Crippen LogP contribution is 2.45. The molecule has 3 N–H and O–H groups in total. The van der Waals surface area contributed by atoms with Crippen molar-refractivity contribution in [2.45, 2.75) is 329 Å². The van der Waals surface area contributed by atoms with Crippen LogP contribution in [0.2, 0.25) is 0 Å². The van der Waals surface area contributed by atoms with Gasteiger partial charge in [-0.15, -0.1) is 0 Å². The monoisotopic (exact) mass is 1470 g/mol. The minimum absolute atomic E-state index is 0.0745. The first kappa shape index (κ1) is 97.2. The van der Waals surface area contributed by atoms with E-state index in [2.05, 4.69) is 161 Å². The van der Waals surface area contributed by atoms with Crippen molar-refractivity contribution in [1.82, 2.24) is 0 Å². The molecule has 0 heterocycles. The van der Waals surface area contributed by atoms with Crippen molar-refractivity contribution in [3.8, 4) is 0 Å². The van der Waals surface area contributed by atoms with Gasteiger partial charge >= 0.3 is 39.5 Å². The summed E-state index contributed by atoms with van der Waals surface area (Å²) in [5.41, 5.74) is 0. The molecule has 0 rings (SSSR count). The first-order valence-corrected chi connectivity index (χ1v) is 42.4. The Kier molecular flexibility index (Phi) is 71.0. The Hall–Kier alpha value is -4.80. The van der Waals surface area contributed by atoms with E-state index in [9.17, 15) is 43.2 Å². The highest BCUT2D eigenvalue weighted by molar-refractivity contribution is 7.47. The Balaban J connectivity index is 5.35. The third-order valence-electron chi connectivity index (χ3n) is 16.1. The highest BCUT2D eigenvalue weighted by Gasteiger charge is 2.30. The van der Waals surface area contributed by atoms with Crippen LogP contribution in [0, 0.1) is 0 Å². The Bertz CT molecular complexity index is 2460. The maximum Gasteiger partial charge on any atom is 0.472 e. The number of hydrogen-bond acceptors (Lipinski definition) is 15. The van der Waals surface area contributed by atoms with E-state index in [-0.39, 0.29) is 25.7 Å². The quantitative estimate of drug-likeness (QED) is 0.0169. The minimum atomic E-state index is -4.99. The van der Waals surface area contributed by atoms with Crippen molar-refractivity contribution in [3.05, 3.63) is 134 Å². The predicted octanol–water partition coefficient (Wildman–Crippen LogP) is 22.9. The molecule has 0 aromatic heterocycles. The zero-order valence-corrected chi connectivity index (χ0v) is 65.5. The second kappa shape index (κ2) is 74.5. The molecule has 17 nitrogen and oxygen atoms in total. The number of ether oxygens (including phenoxy) is 4. The summed E-state index contributed by atoms with van der Waals surface area (Å²) in [5, 5.41) is 10.6. The van der Waals surface area contributed by atoms with Gasteiger partial charge in [-0.1, -0.05) is 264 Å². The molecule has 19 heteroatoms. The van der Waals surface area contributed by atoms with E-state index < -0.39 is 97.5 Å². The Morgan fingerprint density at radius 2 is 0.520 bits per heavy atom. The zero-order chi connectivity index (χ0) is 74.6. The van der Waals surface area contributed by atoms with Crippen molar-refractivity contribution in [2.75, 3.05) is 39.6 Å². The lowest BCUT2D eigenvalue weighted by Gasteiger charge is -2.21. The maximum atomic E-state index is 13.1. The summed E-state index contributed by atoms with van der Waals surface area (Å²) in [6.07, 6.45) is 83.0. The van der Waals surface area contributed by atoms with Crippen LogP contribution in [0.5, 0.6) is 0 Å². The van der Waals surface area contributed by atoms with Crippen LogP contribution in [0.1, 0.15) is 310 Å². The molecule has 0 aliphatic rings. The molecule has 0 aromatic carbocycles. The average molecular weight is 1470 g/mol. The minimum Gasteiger partial charge on any atom is -0.462 e. The lowest BCUT2D eigenvalue weighted by Crippen LogP contribution is -2.30. The summed E-state index contributed by atoms with van der Waals surface area (Å²) in [4.78, 5) is 72.9. The molecular formula is C83H140O17P2. The summed E-state index contributed by atoms with van der Waals surface area (Å²) in [5.74, 6) is -2.25. The Labute approximate surface area is 618 Å².